The molecule has 9 aliphatic rings. The number of rotatable bonds is 7. The first kappa shape index (κ1) is 34.7. The van der Waals surface area contributed by atoms with Gasteiger partial charge in [-0.25, -0.2) is 8.51 Å². The Morgan fingerprint density at radius 3 is 1.58 bits per heavy atom. The second kappa shape index (κ2) is 11.7. The van der Waals surface area contributed by atoms with E-state index in [-0.39, 0.29) is 29.5 Å². The smallest absolute Gasteiger partial charge is 0.100 e. The van der Waals surface area contributed by atoms with E-state index in [2.05, 4.69) is 102 Å². The van der Waals surface area contributed by atoms with Crippen molar-refractivity contribution in [2.45, 2.75) is 170 Å². The topological polar surface area (TPSA) is 20.3 Å². The molecule has 2 nitrogen and oxygen atoms in total. The molecule has 8 bridgehead atoms. The van der Waals surface area contributed by atoms with Crippen molar-refractivity contribution in [1.82, 2.24) is 4.31 Å². The summed E-state index contributed by atoms with van der Waals surface area (Å²) in [5.41, 5.74) is 6.22. The first-order chi connectivity index (χ1) is 23.6. The Morgan fingerprint density at radius 2 is 1.12 bits per heavy atom. The number of nitrogens with zero attached hydrogens (tertiary/aromatic N) is 1. The molecule has 0 radical (unpaired) electrons. The first-order valence-electron chi connectivity index (χ1n) is 20.7. The Balaban J connectivity index is 1.25. The zero-order chi connectivity index (χ0) is 35.0. The number of benzene rings is 2. The van der Waals surface area contributed by atoms with Gasteiger partial charge in [-0.15, -0.1) is 0 Å². The Kier molecular flexibility index (Phi) is 8.15. The molecule has 8 saturated carbocycles. The molecule has 0 amide bonds. The molecule has 0 saturated heterocycles. The molecule has 0 aliphatic heterocycles. The molecule has 2 atom stereocenters. The highest BCUT2D eigenvalue weighted by atomic mass is 32.2. The fraction of sp³-hybridized carbons (Fsp3) is 0.739. The summed E-state index contributed by atoms with van der Waals surface area (Å²) in [6.45, 7) is 16.3. The van der Waals surface area contributed by atoms with Gasteiger partial charge in [-0.3, -0.25) is 0 Å². The van der Waals surface area contributed by atoms with Crippen LogP contribution in [0.1, 0.15) is 167 Å². The third kappa shape index (κ3) is 5.53. The Bertz CT molecular complexity index is 1570. The van der Waals surface area contributed by atoms with Gasteiger partial charge in [0.15, 0.2) is 0 Å². The Morgan fingerprint density at radius 1 is 0.680 bits per heavy atom. The summed E-state index contributed by atoms with van der Waals surface area (Å²) >= 11 is 0. The van der Waals surface area contributed by atoms with Gasteiger partial charge in [-0.1, -0.05) is 78.1 Å². The van der Waals surface area contributed by atoms with E-state index in [1.54, 1.807) is 5.30 Å². The molecule has 272 valence electrons. The molecule has 8 fully saturated rings. The van der Waals surface area contributed by atoms with Gasteiger partial charge < -0.3 is 0 Å². The lowest BCUT2D eigenvalue weighted by Crippen LogP contribution is -2.58. The summed E-state index contributed by atoms with van der Waals surface area (Å²) < 4.78 is 16.6. The van der Waals surface area contributed by atoms with Crippen molar-refractivity contribution in [2.24, 2.45) is 35.5 Å². The quantitative estimate of drug-likeness (QED) is 0.262. The zero-order valence-electron chi connectivity index (χ0n) is 32.7. The summed E-state index contributed by atoms with van der Waals surface area (Å²) in [6, 6.07) is 17.4. The van der Waals surface area contributed by atoms with E-state index < -0.39 is 11.0 Å². The van der Waals surface area contributed by atoms with Crippen LogP contribution in [0.3, 0.4) is 0 Å². The SMILES string of the molecule is CN([C@H](c1ccc2c(c1)C(C)(C)CCC2(C)C)c1ccccc1P(C12CC3CC(CC(C3)C1)C2)C12CC3CC(CC(C3)C1)C2)S(=O)C(C)(C)C. The van der Waals surface area contributed by atoms with E-state index in [0.29, 0.717) is 10.3 Å². The van der Waals surface area contributed by atoms with Gasteiger partial charge in [0.1, 0.15) is 11.0 Å². The average molecular weight is 712 g/mol. The minimum absolute atomic E-state index is 0.0229. The van der Waals surface area contributed by atoms with Gasteiger partial charge in [-0.05, 0) is 195 Å². The van der Waals surface area contributed by atoms with Crippen LogP contribution in [0.25, 0.3) is 0 Å². The minimum Gasteiger partial charge on any atom is -0.242 e. The van der Waals surface area contributed by atoms with Gasteiger partial charge in [0, 0.05) is 7.05 Å². The molecule has 50 heavy (non-hydrogen) atoms. The molecule has 0 heterocycles. The largest absolute Gasteiger partial charge is 0.242 e. The maximum atomic E-state index is 14.6. The van der Waals surface area contributed by atoms with Gasteiger partial charge in [0.25, 0.3) is 0 Å². The molecule has 0 N–H and O–H groups in total. The van der Waals surface area contributed by atoms with E-state index in [1.807, 2.05) is 0 Å². The standard InChI is InChI=1S/C46H66NOPS/c1-42(2,3)50(48)47(8)41(36-13-14-38-39(23-36)44(6,7)16-15-43(38,4)5)37-11-9-10-12-40(37)49(45-24-30-17-31(25-45)19-32(18-30)26-45)46-27-33-20-34(28-46)22-35(21-33)29-46/h9-14,23,30-35,41H,15-22,24-29H2,1-8H3/t30?,31?,32?,33?,34?,35?,41-,45?,46?,49?,50?/m1/s1. The summed E-state index contributed by atoms with van der Waals surface area (Å²) in [5, 5.41) is 2.73. The van der Waals surface area contributed by atoms with E-state index in [0.717, 1.165) is 35.5 Å². The van der Waals surface area contributed by atoms with Crippen LogP contribution < -0.4 is 5.30 Å². The molecular formula is C46H66NOPS. The highest BCUT2D eigenvalue weighted by Crippen LogP contribution is 2.78. The molecule has 0 aromatic heterocycles. The van der Waals surface area contributed by atoms with Crippen LogP contribution in [-0.2, 0) is 21.8 Å². The minimum atomic E-state index is -1.15. The number of fused-ring (bicyclic) bond motifs is 1. The van der Waals surface area contributed by atoms with Crippen LogP contribution in [0.2, 0.25) is 0 Å². The second-order valence-electron chi connectivity index (χ2n) is 21.6. The van der Waals surface area contributed by atoms with E-state index >= 15 is 0 Å². The summed E-state index contributed by atoms with van der Waals surface area (Å²) in [4.78, 5) is 0. The van der Waals surface area contributed by atoms with Crippen molar-refractivity contribution < 1.29 is 4.21 Å². The molecular weight excluding hydrogens is 646 g/mol. The van der Waals surface area contributed by atoms with Gasteiger partial charge in [0.05, 0.1) is 10.8 Å². The van der Waals surface area contributed by atoms with Crippen LogP contribution in [0.15, 0.2) is 42.5 Å². The molecule has 2 aromatic rings. The molecule has 2 aromatic carbocycles. The van der Waals surface area contributed by atoms with Crippen molar-refractivity contribution in [3.8, 4) is 0 Å². The normalized spacial score (nSPS) is 39.4. The van der Waals surface area contributed by atoms with Crippen LogP contribution in [0.5, 0.6) is 0 Å². The van der Waals surface area contributed by atoms with Crippen molar-refractivity contribution in [3.63, 3.8) is 0 Å². The monoisotopic (exact) mass is 711 g/mol. The van der Waals surface area contributed by atoms with Crippen molar-refractivity contribution in [2.75, 3.05) is 7.05 Å². The van der Waals surface area contributed by atoms with E-state index in [4.69, 9.17) is 0 Å². The third-order valence-electron chi connectivity index (χ3n) is 15.8. The summed E-state index contributed by atoms with van der Waals surface area (Å²) in [5.74, 6) is 5.78. The third-order valence-corrected chi connectivity index (χ3v) is 21.4. The molecule has 9 aliphatic carbocycles. The van der Waals surface area contributed by atoms with E-state index in [9.17, 15) is 4.21 Å². The maximum absolute atomic E-state index is 14.6. The Labute approximate surface area is 309 Å². The van der Waals surface area contributed by atoms with Crippen LogP contribution in [0.4, 0.5) is 0 Å². The van der Waals surface area contributed by atoms with E-state index in [1.165, 1.54) is 112 Å². The van der Waals surface area contributed by atoms with Crippen molar-refractivity contribution in [1.29, 1.82) is 0 Å². The lowest BCUT2D eigenvalue weighted by molar-refractivity contribution is 0.0195. The highest BCUT2D eigenvalue weighted by Gasteiger charge is 2.63. The highest BCUT2D eigenvalue weighted by molar-refractivity contribution is 7.84. The molecule has 0 spiro atoms. The zero-order valence-corrected chi connectivity index (χ0v) is 34.4. The lowest BCUT2D eigenvalue weighted by Gasteiger charge is -2.67. The molecule has 11 rings (SSSR count). The number of hydrogen-bond acceptors (Lipinski definition) is 1. The van der Waals surface area contributed by atoms with Gasteiger partial charge >= 0.3 is 0 Å². The summed E-state index contributed by atoms with van der Waals surface area (Å²) in [6.07, 6.45) is 20.5. The van der Waals surface area contributed by atoms with Gasteiger partial charge in [-0.2, -0.15) is 0 Å². The lowest BCUT2D eigenvalue weighted by atomic mass is 9.55. The van der Waals surface area contributed by atoms with Crippen molar-refractivity contribution >= 4 is 24.2 Å². The molecule has 1 unspecified atom stereocenters. The predicted molar refractivity (Wildman–Crippen MR) is 214 cm³/mol. The summed E-state index contributed by atoms with van der Waals surface area (Å²) in [7, 11) is 0.650. The fourth-order valence-corrected chi connectivity index (χ4v) is 21.2. The van der Waals surface area contributed by atoms with Crippen molar-refractivity contribution in [3.05, 3.63) is 64.7 Å². The molecule has 4 heteroatoms. The van der Waals surface area contributed by atoms with Gasteiger partial charge in [0.2, 0.25) is 0 Å². The number of hydrogen-bond donors (Lipinski definition) is 0. The second-order valence-corrected chi connectivity index (χ2v) is 26.9. The maximum Gasteiger partial charge on any atom is 0.100 e. The van der Waals surface area contributed by atoms with Crippen LogP contribution >= 0.6 is 7.92 Å². The fourth-order valence-electron chi connectivity index (χ4n) is 14.5. The first-order valence-corrected chi connectivity index (χ1v) is 23.2. The Hall–Kier alpha value is -1.02. The van der Waals surface area contributed by atoms with Crippen LogP contribution in [0, 0.1) is 35.5 Å². The predicted octanol–water partition coefficient (Wildman–Crippen LogP) is 11.6. The van der Waals surface area contributed by atoms with Crippen LogP contribution in [-0.4, -0.2) is 30.6 Å². The average Bonchev–Trinajstić information content (AvgIpc) is 3.02.